The van der Waals surface area contributed by atoms with Crippen molar-refractivity contribution in [1.82, 2.24) is 14.9 Å². The second kappa shape index (κ2) is 11.8. The maximum absolute atomic E-state index is 12.9. The van der Waals surface area contributed by atoms with Gasteiger partial charge in [0, 0.05) is 24.2 Å². The summed E-state index contributed by atoms with van der Waals surface area (Å²) in [6.45, 7) is 5.72. The van der Waals surface area contributed by atoms with Gasteiger partial charge in [0.2, 0.25) is 5.91 Å². The van der Waals surface area contributed by atoms with E-state index in [1.54, 1.807) is 19.4 Å². The Bertz CT molecular complexity index is 879. The van der Waals surface area contributed by atoms with E-state index in [2.05, 4.69) is 10.3 Å². The fourth-order valence-electron chi connectivity index (χ4n) is 2.67. The fraction of sp³-hybridized carbons (Fsp3) is 0.429. The molecule has 0 aliphatic heterocycles. The average molecular weight is 438 g/mol. The van der Waals surface area contributed by atoms with Gasteiger partial charge in [0.1, 0.15) is 29.8 Å². The van der Waals surface area contributed by atoms with Gasteiger partial charge in [0.15, 0.2) is 0 Å². The van der Waals surface area contributed by atoms with Crippen LogP contribution in [0.4, 0.5) is 14.6 Å². The number of hydrogen-bond acceptors (Lipinski definition) is 5. The number of imidazole rings is 1. The van der Waals surface area contributed by atoms with Crippen LogP contribution in [0.15, 0.2) is 30.7 Å². The van der Waals surface area contributed by atoms with Crippen LogP contribution in [0.5, 0.6) is 0 Å². The Morgan fingerprint density at radius 3 is 2.35 bits per heavy atom. The quantitative estimate of drug-likeness (QED) is 0.517. The van der Waals surface area contributed by atoms with Crippen LogP contribution in [0.25, 0.3) is 0 Å². The molecule has 0 fully saturated rings. The molecule has 170 valence electrons. The van der Waals surface area contributed by atoms with E-state index in [1.165, 1.54) is 0 Å². The lowest BCUT2D eigenvalue weighted by molar-refractivity contribution is -0.141. The van der Waals surface area contributed by atoms with Crippen LogP contribution >= 0.6 is 0 Å². The van der Waals surface area contributed by atoms with Crippen LogP contribution in [0.2, 0.25) is 0 Å². The molecule has 0 radical (unpaired) electrons. The lowest BCUT2D eigenvalue weighted by Crippen LogP contribution is -2.41. The highest BCUT2D eigenvalue weighted by atomic mass is 19.1. The number of aliphatic carboxylic acids is 1. The van der Waals surface area contributed by atoms with E-state index in [0.717, 1.165) is 18.4 Å². The minimum absolute atomic E-state index is 0.163. The summed E-state index contributed by atoms with van der Waals surface area (Å²) in [6, 6.07) is 1.81. The Morgan fingerprint density at radius 2 is 1.90 bits per heavy atom. The van der Waals surface area contributed by atoms with Crippen LogP contribution in [-0.2, 0) is 26.3 Å². The van der Waals surface area contributed by atoms with Crippen molar-refractivity contribution in [2.24, 2.45) is 0 Å². The molecule has 0 aliphatic carbocycles. The first kappa shape index (κ1) is 25.7. The van der Waals surface area contributed by atoms with Crippen molar-refractivity contribution in [1.29, 1.82) is 0 Å². The third kappa shape index (κ3) is 8.93. The Hall–Kier alpha value is -3.30. The molecule has 1 unspecified atom stereocenters. The largest absolute Gasteiger partial charge is 0.480 e. The van der Waals surface area contributed by atoms with Gasteiger partial charge >= 0.3 is 5.97 Å². The molecule has 2 aromatic rings. The molecular formula is C21H28F2N4O4. The molecule has 1 atom stereocenters. The van der Waals surface area contributed by atoms with E-state index >= 15 is 0 Å². The number of nitrogens with two attached hydrogens (primary N) is 1. The van der Waals surface area contributed by atoms with E-state index in [4.69, 9.17) is 10.8 Å². The van der Waals surface area contributed by atoms with Gasteiger partial charge in [-0.2, -0.15) is 0 Å². The van der Waals surface area contributed by atoms with Gasteiger partial charge in [-0.3, -0.25) is 4.79 Å². The molecule has 0 saturated carbocycles. The molecular weight excluding hydrogens is 410 g/mol. The first-order valence-electron chi connectivity index (χ1n) is 9.69. The van der Waals surface area contributed by atoms with E-state index < -0.39 is 29.6 Å². The molecule has 1 heterocycles. The fourth-order valence-corrected chi connectivity index (χ4v) is 2.67. The molecule has 0 bridgehead atoms. The number of nitrogens with one attached hydrogen (secondary N) is 1. The maximum Gasteiger partial charge on any atom is 0.326 e. The number of nitrogen functional groups attached to an aromatic ring is 1. The number of aldehydes is 1. The van der Waals surface area contributed by atoms with Crippen molar-refractivity contribution in [3.63, 3.8) is 0 Å². The van der Waals surface area contributed by atoms with Gasteiger partial charge in [0.05, 0.1) is 12.7 Å². The second-order valence-electron chi connectivity index (χ2n) is 7.59. The first-order valence-corrected chi connectivity index (χ1v) is 9.69. The zero-order chi connectivity index (χ0) is 23.6. The number of halogens is 2. The Balaban J connectivity index is 0.000000343. The Kier molecular flexibility index (Phi) is 9.78. The third-order valence-electron chi connectivity index (χ3n) is 4.38. The van der Waals surface area contributed by atoms with Crippen LogP contribution < -0.4 is 11.1 Å². The van der Waals surface area contributed by atoms with Crippen molar-refractivity contribution in [3.05, 3.63) is 47.9 Å². The summed E-state index contributed by atoms with van der Waals surface area (Å²) >= 11 is 0. The highest BCUT2D eigenvalue weighted by Crippen LogP contribution is 2.18. The van der Waals surface area contributed by atoms with E-state index in [1.807, 2.05) is 18.4 Å². The lowest BCUT2D eigenvalue weighted by atomic mass is 10.0. The van der Waals surface area contributed by atoms with Gasteiger partial charge < -0.3 is 25.5 Å². The van der Waals surface area contributed by atoms with Crippen molar-refractivity contribution < 1.29 is 28.3 Å². The van der Waals surface area contributed by atoms with Crippen LogP contribution in [0.3, 0.4) is 0 Å². The van der Waals surface area contributed by atoms with Crippen LogP contribution in [0, 0.1) is 11.6 Å². The van der Waals surface area contributed by atoms with Crippen molar-refractivity contribution >= 4 is 24.0 Å². The molecule has 31 heavy (non-hydrogen) atoms. The van der Waals surface area contributed by atoms with Crippen molar-refractivity contribution in [2.45, 2.75) is 58.0 Å². The maximum atomic E-state index is 12.9. The third-order valence-corrected chi connectivity index (χ3v) is 4.38. The molecule has 1 aromatic heterocycles. The van der Waals surface area contributed by atoms with Gasteiger partial charge in [-0.15, -0.1) is 0 Å². The summed E-state index contributed by atoms with van der Waals surface area (Å²) in [5.41, 5.74) is 5.38. The van der Waals surface area contributed by atoms with E-state index in [-0.39, 0.29) is 17.5 Å². The zero-order valence-corrected chi connectivity index (χ0v) is 17.8. The number of carboxylic acids is 1. The van der Waals surface area contributed by atoms with Gasteiger partial charge in [-0.05, 0) is 38.0 Å². The zero-order valence-electron chi connectivity index (χ0n) is 17.8. The molecule has 0 aliphatic rings. The van der Waals surface area contributed by atoms with Gasteiger partial charge in [0.25, 0.3) is 0 Å². The minimum atomic E-state index is -1.12. The van der Waals surface area contributed by atoms with E-state index in [0.29, 0.717) is 31.1 Å². The number of carboxylic acid groups (broad SMARTS) is 1. The molecule has 1 amide bonds. The molecule has 0 spiro atoms. The van der Waals surface area contributed by atoms with Crippen LogP contribution in [0.1, 0.15) is 45.6 Å². The highest BCUT2D eigenvalue weighted by Gasteiger charge is 2.20. The summed E-state index contributed by atoms with van der Waals surface area (Å²) in [5, 5.41) is 11.2. The standard InChI is InChI=1S/C13H15F2NO3.C8H13N3O/c1-2-3-11(13(18)19)16-12(17)6-8-4-9(14)7-10(15)5-8;1-8(2,3-4-12)11-5-7(9)10-6-11/h4-5,7,11H,2-3,6H2,1H3,(H,16,17)(H,18,19);4-6H,3,9H2,1-2H3. The minimum Gasteiger partial charge on any atom is -0.480 e. The van der Waals surface area contributed by atoms with E-state index in [9.17, 15) is 23.2 Å². The number of anilines is 1. The average Bonchev–Trinajstić information content (AvgIpc) is 3.08. The molecule has 1 aromatic carbocycles. The number of nitrogens with zero attached hydrogens (tertiary/aromatic N) is 2. The van der Waals surface area contributed by atoms with Gasteiger partial charge in [-0.1, -0.05) is 13.3 Å². The Morgan fingerprint density at radius 1 is 1.29 bits per heavy atom. The normalized spacial score (nSPS) is 11.8. The van der Waals surface area contributed by atoms with Crippen LogP contribution in [-0.4, -0.2) is 38.9 Å². The number of amides is 1. The second-order valence-corrected chi connectivity index (χ2v) is 7.59. The summed E-state index contributed by atoms with van der Waals surface area (Å²) in [7, 11) is 0. The highest BCUT2D eigenvalue weighted by molar-refractivity contribution is 5.84. The molecule has 10 heteroatoms. The number of aromatic nitrogens is 2. The number of carbonyl (C=O) groups is 3. The first-order chi connectivity index (χ1) is 14.5. The summed E-state index contributed by atoms with van der Waals surface area (Å²) < 4.78 is 27.7. The number of hydrogen-bond donors (Lipinski definition) is 3. The monoisotopic (exact) mass is 438 g/mol. The number of rotatable bonds is 9. The van der Waals surface area contributed by atoms with Gasteiger partial charge in [-0.25, -0.2) is 18.6 Å². The molecule has 8 nitrogen and oxygen atoms in total. The van der Waals surface area contributed by atoms with Crippen molar-refractivity contribution in [3.8, 4) is 0 Å². The molecule has 4 N–H and O–H groups in total. The lowest BCUT2D eigenvalue weighted by Gasteiger charge is -2.23. The summed E-state index contributed by atoms with van der Waals surface area (Å²) in [6.07, 6.45) is 5.37. The Labute approximate surface area is 179 Å². The predicted octanol–water partition coefficient (Wildman–Crippen LogP) is 2.67. The smallest absolute Gasteiger partial charge is 0.326 e. The summed E-state index contributed by atoms with van der Waals surface area (Å²) in [5.74, 6) is -2.77. The number of benzene rings is 1. The predicted molar refractivity (Wildman–Crippen MR) is 111 cm³/mol. The number of carbonyl (C=O) groups excluding carboxylic acids is 2. The molecule has 0 saturated heterocycles. The SMILES string of the molecule is CC(C)(CC=O)n1cnc(N)c1.CCCC(NC(=O)Cc1cc(F)cc(F)c1)C(=O)O. The summed E-state index contributed by atoms with van der Waals surface area (Å²) in [4.78, 5) is 36.7. The molecule has 2 rings (SSSR count). The van der Waals surface area contributed by atoms with Crippen molar-refractivity contribution in [2.75, 3.05) is 5.73 Å². The topological polar surface area (TPSA) is 127 Å².